The molecule has 7 nitrogen and oxygen atoms in total. The summed E-state index contributed by atoms with van der Waals surface area (Å²) in [6, 6.07) is 10.0. The van der Waals surface area contributed by atoms with Crippen LogP contribution < -0.4 is 15.5 Å². The third-order valence-corrected chi connectivity index (χ3v) is 6.56. The van der Waals surface area contributed by atoms with Crippen LogP contribution in [0.1, 0.15) is 45.8 Å². The Morgan fingerprint density at radius 2 is 1.86 bits per heavy atom. The van der Waals surface area contributed by atoms with Crippen LogP contribution in [-0.4, -0.2) is 24.1 Å². The van der Waals surface area contributed by atoms with Crippen molar-refractivity contribution in [1.82, 2.24) is 5.43 Å². The van der Waals surface area contributed by atoms with E-state index < -0.39 is 5.91 Å². The minimum Gasteiger partial charge on any atom is -0.482 e. The molecule has 10 heteroatoms. The minimum absolute atomic E-state index is 0.205. The van der Waals surface area contributed by atoms with E-state index in [1.165, 1.54) is 6.07 Å². The lowest BCUT2D eigenvalue weighted by Crippen LogP contribution is -2.27. The predicted octanol–water partition coefficient (Wildman–Crippen LogP) is 6.34. The number of rotatable bonds is 6. The van der Waals surface area contributed by atoms with Gasteiger partial charge in [-0.25, -0.2) is 5.43 Å². The molecule has 1 aromatic heterocycles. The molecule has 35 heavy (non-hydrogen) atoms. The van der Waals surface area contributed by atoms with Crippen molar-refractivity contribution in [3.8, 4) is 5.75 Å². The second kappa shape index (κ2) is 10.7. The highest BCUT2D eigenvalue weighted by Gasteiger charge is 2.28. The number of hydrogen-bond acceptors (Lipinski definition) is 5. The Bertz CT molecular complexity index is 1330. The van der Waals surface area contributed by atoms with E-state index in [0.29, 0.717) is 56.4 Å². The molecular formula is C25H22Cl3N3O4. The molecule has 0 saturated heterocycles. The van der Waals surface area contributed by atoms with E-state index in [2.05, 4.69) is 15.8 Å². The van der Waals surface area contributed by atoms with Crippen molar-refractivity contribution in [2.45, 2.75) is 33.1 Å². The van der Waals surface area contributed by atoms with Crippen LogP contribution >= 0.6 is 34.8 Å². The highest BCUT2D eigenvalue weighted by atomic mass is 35.5. The summed E-state index contributed by atoms with van der Waals surface area (Å²) in [4.78, 5) is 25.3. The summed E-state index contributed by atoms with van der Waals surface area (Å²) in [5.41, 5.74) is 5.93. The fourth-order valence-corrected chi connectivity index (χ4v) is 4.45. The van der Waals surface area contributed by atoms with Gasteiger partial charge in [0.05, 0.1) is 10.7 Å². The molecule has 0 bridgehead atoms. The Labute approximate surface area is 217 Å². The van der Waals surface area contributed by atoms with E-state index >= 15 is 0 Å². The second-order valence-corrected chi connectivity index (χ2v) is 9.28. The van der Waals surface area contributed by atoms with Crippen LogP contribution in [0.2, 0.25) is 15.1 Å². The van der Waals surface area contributed by atoms with Crippen molar-refractivity contribution in [1.29, 1.82) is 0 Å². The number of hydrogen-bond donors (Lipinski definition) is 2. The summed E-state index contributed by atoms with van der Waals surface area (Å²) >= 11 is 18.1. The molecule has 0 saturated carbocycles. The Morgan fingerprint density at radius 3 is 2.63 bits per heavy atom. The highest BCUT2D eigenvalue weighted by molar-refractivity contribution is 6.35. The highest BCUT2D eigenvalue weighted by Crippen LogP contribution is 2.31. The number of carbonyl (C=O) groups excluding carboxylic acids is 2. The monoisotopic (exact) mass is 533 g/mol. The first-order valence-electron chi connectivity index (χ1n) is 10.9. The summed E-state index contributed by atoms with van der Waals surface area (Å²) in [6.45, 7) is 3.36. The standard InChI is InChI=1S/C25H22Cl3N3O4/c1-13-16(27)5-3-6-18(13)29-25(33)24-14(2)23-19(7-4-8-21(23)35-24)30-31-22(32)12-34-20-10-9-15(26)11-17(20)28/h3,5-6,9-11H,4,7-8,12H2,1-2H3,(H,29,33)(H,31,32)/b30-19+. The Kier molecular flexibility index (Phi) is 7.69. The number of fused-ring (bicyclic) bond motifs is 1. The van der Waals surface area contributed by atoms with Crippen molar-refractivity contribution >= 4 is 58.0 Å². The largest absolute Gasteiger partial charge is 0.482 e. The Hall–Kier alpha value is -3.00. The van der Waals surface area contributed by atoms with Crippen LogP contribution in [0.5, 0.6) is 5.75 Å². The number of nitrogens with one attached hydrogen (secondary N) is 2. The Morgan fingerprint density at radius 1 is 1.06 bits per heavy atom. The van der Waals surface area contributed by atoms with Crippen LogP contribution in [0, 0.1) is 13.8 Å². The predicted molar refractivity (Wildman–Crippen MR) is 137 cm³/mol. The second-order valence-electron chi connectivity index (χ2n) is 8.03. The zero-order valence-corrected chi connectivity index (χ0v) is 21.3. The molecule has 0 radical (unpaired) electrons. The SMILES string of the molecule is Cc1c(Cl)cccc1NC(=O)c1oc2c(c1C)/C(=N/NC(=O)COc1ccc(Cl)cc1Cl)CCC2. The number of hydrazone groups is 1. The molecule has 0 aliphatic heterocycles. The van der Waals surface area contributed by atoms with Crippen LogP contribution in [-0.2, 0) is 11.2 Å². The summed E-state index contributed by atoms with van der Waals surface area (Å²) in [6.07, 6.45) is 2.08. The normalized spacial score (nSPS) is 13.9. The molecule has 2 N–H and O–H groups in total. The van der Waals surface area contributed by atoms with E-state index in [1.54, 1.807) is 37.3 Å². The van der Waals surface area contributed by atoms with E-state index in [4.69, 9.17) is 44.0 Å². The van der Waals surface area contributed by atoms with Gasteiger partial charge in [-0.3, -0.25) is 9.59 Å². The van der Waals surface area contributed by atoms with E-state index in [0.717, 1.165) is 17.5 Å². The van der Waals surface area contributed by atoms with Gasteiger partial charge in [0.1, 0.15) is 11.5 Å². The summed E-state index contributed by atoms with van der Waals surface area (Å²) < 4.78 is 11.4. The maximum absolute atomic E-state index is 13.0. The number of ether oxygens (including phenoxy) is 1. The molecule has 1 heterocycles. The molecule has 1 aliphatic carbocycles. The van der Waals surface area contributed by atoms with E-state index in [-0.39, 0.29) is 18.3 Å². The van der Waals surface area contributed by atoms with Crippen molar-refractivity contribution in [3.63, 3.8) is 0 Å². The summed E-state index contributed by atoms with van der Waals surface area (Å²) in [7, 11) is 0. The maximum atomic E-state index is 13.0. The number of furan rings is 1. The molecule has 0 spiro atoms. The molecular weight excluding hydrogens is 513 g/mol. The maximum Gasteiger partial charge on any atom is 0.291 e. The number of carbonyl (C=O) groups is 2. The zero-order chi connectivity index (χ0) is 25.1. The lowest BCUT2D eigenvalue weighted by Gasteiger charge is -2.13. The number of aryl methyl sites for hydroxylation is 1. The van der Waals surface area contributed by atoms with Gasteiger partial charge < -0.3 is 14.5 Å². The first-order chi connectivity index (χ1) is 16.7. The van der Waals surface area contributed by atoms with Gasteiger partial charge in [0.25, 0.3) is 11.8 Å². The molecule has 4 rings (SSSR count). The molecule has 3 aromatic rings. The van der Waals surface area contributed by atoms with Crippen LogP contribution in [0.3, 0.4) is 0 Å². The number of anilines is 1. The van der Waals surface area contributed by atoms with Crippen LogP contribution in [0.25, 0.3) is 0 Å². The van der Waals surface area contributed by atoms with Crippen molar-refractivity contribution in [2.24, 2.45) is 5.10 Å². The zero-order valence-electron chi connectivity index (χ0n) is 19.0. The topological polar surface area (TPSA) is 92.9 Å². The lowest BCUT2D eigenvalue weighted by molar-refractivity contribution is -0.123. The van der Waals surface area contributed by atoms with Crippen LogP contribution in [0.4, 0.5) is 5.69 Å². The minimum atomic E-state index is -0.453. The van der Waals surface area contributed by atoms with Gasteiger partial charge in [0.15, 0.2) is 12.4 Å². The first-order valence-corrected chi connectivity index (χ1v) is 12.0. The molecule has 0 fully saturated rings. The van der Waals surface area contributed by atoms with Gasteiger partial charge in [-0.2, -0.15) is 5.10 Å². The van der Waals surface area contributed by atoms with Gasteiger partial charge in [-0.1, -0.05) is 40.9 Å². The molecule has 1 aliphatic rings. The number of nitrogens with zero attached hydrogens (tertiary/aromatic N) is 1. The van der Waals surface area contributed by atoms with Gasteiger partial charge in [-0.15, -0.1) is 0 Å². The first kappa shape index (κ1) is 25.1. The number of halogens is 3. The third kappa shape index (κ3) is 5.64. The average molecular weight is 535 g/mol. The van der Waals surface area contributed by atoms with Crippen LogP contribution in [0.15, 0.2) is 45.9 Å². The third-order valence-electron chi connectivity index (χ3n) is 5.62. The van der Waals surface area contributed by atoms with E-state index in [9.17, 15) is 9.59 Å². The lowest BCUT2D eigenvalue weighted by atomic mass is 9.93. The Balaban J connectivity index is 1.47. The molecule has 0 atom stereocenters. The number of benzene rings is 2. The molecule has 182 valence electrons. The smallest absolute Gasteiger partial charge is 0.291 e. The fraction of sp³-hybridized carbons (Fsp3) is 0.240. The van der Waals surface area contributed by atoms with Gasteiger partial charge in [0.2, 0.25) is 0 Å². The van der Waals surface area contributed by atoms with Crippen molar-refractivity contribution < 1.29 is 18.7 Å². The number of amides is 2. The van der Waals surface area contributed by atoms with Crippen molar-refractivity contribution in [3.05, 3.63) is 79.7 Å². The fourth-order valence-electron chi connectivity index (χ4n) is 3.82. The summed E-state index contributed by atoms with van der Waals surface area (Å²) in [5, 5.41) is 8.49. The molecule has 0 unspecified atom stereocenters. The van der Waals surface area contributed by atoms with E-state index in [1.807, 2.05) is 6.92 Å². The summed E-state index contributed by atoms with van der Waals surface area (Å²) in [5.74, 6) is 0.384. The quantitative estimate of drug-likeness (QED) is 0.361. The molecule has 2 aromatic carbocycles. The van der Waals surface area contributed by atoms with Gasteiger partial charge >= 0.3 is 0 Å². The molecule has 2 amide bonds. The van der Waals surface area contributed by atoms with Crippen molar-refractivity contribution in [2.75, 3.05) is 11.9 Å². The van der Waals surface area contributed by atoms with Gasteiger partial charge in [0, 0.05) is 33.3 Å². The van der Waals surface area contributed by atoms with Gasteiger partial charge in [-0.05, 0) is 62.6 Å². The average Bonchev–Trinajstić information content (AvgIpc) is 3.17.